The van der Waals surface area contributed by atoms with Crippen LogP contribution in [0.2, 0.25) is 0 Å². The fourth-order valence-electron chi connectivity index (χ4n) is 2.51. The Kier molecular flexibility index (Phi) is 3.61. The van der Waals surface area contributed by atoms with E-state index in [9.17, 15) is 13.2 Å². The molecule has 3 aromatic rings. The monoisotopic (exact) mass is 301 g/mol. The molecule has 0 atom stereocenters. The summed E-state index contributed by atoms with van der Waals surface area (Å²) in [6.07, 6.45) is -2.05. The minimum Gasteiger partial charge on any atom is -0.260 e. The van der Waals surface area contributed by atoms with Crippen LogP contribution in [0.1, 0.15) is 22.4 Å². The van der Waals surface area contributed by atoms with Gasteiger partial charge >= 0.3 is 6.18 Å². The highest BCUT2D eigenvalue weighted by Gasteiger charge is 2.29. The van der Waals surface area contributed by atoms with Gasteiger partial charge in [0.2, 0.25) is 0 Å². The summed E-state index contributed by atoms with van der Waals surface area (Å²) in [5.74, 6) is 0. The highest BCUT2D eigenvalue weighted by atomic mass is 19.4. The Labute approximate surface area is 126 Å². The average molecular weight is 301 g/mol. The van der Waals surface area contributed by atoms with Gasteiger partial charge in [0, 0.05) is 18.0 Å². The van der Waals surface area contributed by atoms with E-state index in [0.29, 0.717) is 6.42 Å². The molecule has 0 bridgehead atoms. The van der Waals surface area contributed by atoms with Crippen LogP contribution in [0.5, 0.6) is 0 Å². The van der Waals surface area contributed by atoms with E-state index in [1.54, 1.807) is 6.20 Å². The average Bonchev–Trinajstić information content (AvgIpc) is 2.47. The first-order valence-corrected chi connectivity index (χ1v) is 6.94. The maximum Gasteiger partial charge on any atom is 0.416 e. The molecule has 1 heterocycles. The van der Waals surface area contributed by atoms with E-state index in [-0.39, 0.29) is 0 Å². The van der Waals surface area contributed by atoms with Gasteiger partial charge in [-0.15, -0.1) is 0 Å². The van der Waals surface area contributed by atoms with Crippen molar-refractivity contribution in [2.45, 2.75) is 19.5 Å². The summed E-state index contributed by atoms with van der Waals surface area (Å²) in [6.45, 7) is 2.02. The van der Waals surface area contributed by atoms with Gasteiger partial charge in [-0.3, -0.25) is 4.98 Å². The third kappa shape index (κ3) is 2.96. The molecule has 0 radical (unpaired) electrons. The fraction of sp³-hybridized carbons (Fsp3) is 0.167. The van der Waals surface area contributed by atoms with Gasteiger partial charge in [-0.1, -0.05) is 35.9 Å². The summed E-state index contributed by atoms with van der Waals surface area (Å²) >= 11 is 0. The molecule has 3 rings (SSSR count). The summed E-state index contributed by atoms with van der Waals surface area (Å²) in [4.78, 5) is 4.38. The largest absolute Gasteiger partial charge is 0.416 e. The van der Waals surface area contributed by atoms with Crippen molar-refractivity contribution in [3.8, 4) is 0 Å². The van der Waals surface area contributed by atoms with Gasteiger partial charge < -0.3 is 0 Å². The maximum atomic E-state index is 12.6. The molecule has 22 heavy (non-hydrogen) atoms. The number of rotatable bonds is 2. The smallest absolute Gasteiger partial charge is 0.260 e. The van der Waals surface area contributed by atoms with Crippen molar-refractivity contribution >= 4 is 10.8 Å². The van der Waals surface area contributed by atoms with Crippen LogP contribution in [-0.4, -0.2) is 4.98 Å². The quantitative estimate of drug-likeness (QED) is 0.637. The van der Waals surface area contributed by atoms with Gasteiger partial charge in [-0.05, 0) is 36.1 Å². The third-order valence-electron chi connectivity index (χ3n) is 3.66. The van der Waals surface area contributed by atoms with Gasteiger partial charge in [-0.2, -0.15) is 13.2 Å². The van der Waals surface area contributed by atoms with Crippen LogP contribution >= 0.6 is 0 Å². The molecule has 0 N–H and O–H groups in total. The number of fused-ring (bicyclic) bond motifs is 1. The predicted molar refractivity (Wildman–Crippen MR) is 80.7 cm³/mol. The van der Waals surface area contributed by atoms with Gasteiger partial charge in [0.25, 0.3) is 0 Å². The Bertz CT molecular complexity index is 805. The first-order chi connectivity index (χ1) is 10.4. The van der Waals surface area contributed by atoms with Crippen LogP contribution in [0.25, 0.3) is 10.8 Å². The van der Waals surface area contributed by atoms with Crippen molar-refractivity contribution in [1.82, 2.24) is 4.98 Å². The molecule has 2 aromatic carbocycles. The highest BCUT2D eigenvalue weighted by Crippen LogP contribution is 2.29. The lowest BCUT2D eigenvalue weighted by molar-refractivity contribution is -0.137. The number of halogens is 3. The lowest BCUT2D eigenvalue weighted by atomic mass is 10.0. The number of hydrogen-bond acceptors (Lipinski definition) is 1. The Hall–Kier alpha value is -2.36. The molecule has 0 saturated heterocycles. The topological polar surface area (TPSA) is 12.9 Å². The van der Waals surface area contributed by atoms with Crippen LogP contribution in [0.4, 0.5) is 13.2 Å². The van der Waals surface area contributed by atoms with E-state index in [0.717, 1.165) is 34.2 Å². The molecule has 0 unspecified atom stereocenters. The molecule has 0 fully saturated rings. The Morgan fingerprint density at radius 3 is 2.36 bits per heavy atom. The second kappa shape index (κ2) is 5.44. The Morgan fingerprint density at radius 1 is 0.955 bits per heavy atom. The third-order valence-corrected chi connectivity index (χ3v) is 3.66. The molecule has 0 saturated carbocycles. The van der Waals surface area contributed by atoms with E-state index in [2.05, 4.69) is 11.1 Å². The molecule has 0 aliphatic rings. The second-order valence-corrected chi connectivity index (χ2v) is 5.35. The summed E-state index contributed by atoms with van der Waals surface area (Å²) in [7, 11) is 0. The van der Waals surface area contributed by atoms with Crippen LogP contribution in [-0.2, 0) is 12.6 Å². The lowest BCUT2D eigenvalue weighted by Crippen LogP contribution is -2.04. The van der Waals surface area contributed by atoms with E-state index >= 15 is 0 Å². The number of aryl methyl sites for hydroxylation is 1. The normalized spacial score (nSPS) is 11.8. The molecule has 1 aromatic heterocycles. The first kappa shape index (κ1) is 14.6. The SMILES string of the molecule is Cc1ccc2c(Cc3ccc(C(F)(F)F)cc3)nccc2c1. The molecule has 4 heteroatoms. The number of benzene rings is 2. The van der Waals surface area contributed by atoms with Crippen LogP contribution in [0.15, 0.2) is 54.7 Å². The van der Waals surface area contributed by atoms with Crippen LogP contribution in [0, 0.1) is 6.92 Å². The van der Waals surface area contributed by atoms with Gasteiger partial charge in [-0.25, -0.2) is 0 Å². The number of alkyl halides is 3. The summed E-state index contributed by atoms with van der Waals surface area (Å²) in [5, 5.41) is 2.13. The highest BCUT2D eigenvalue weighted by molar-refractivity contribution is 5.85. The van der Waals surface area contributed by atoms with Crippen LogP contribution in [0.3, 0.4) is 0 Å². The van der Waals surface area contributed by atoms with Gasteiger partial charge in [0.15, 0.2) is 0 Å². The molecule has 0 spiro atoms. The summed E-state index contributed by atoms with van der Waals surface area (Å²) in [5.41, 5.74) is 2.22. The number of hydrogen-bond donors (Lipinski definition) is 0. The van der Waals surface area contributed by atoms with Crippen molar-refractivity contribution in [3.63, 3.8) is 0 Å². The molecule has 0 amide bonds. The molecule has 0 aliphatic carbocycles. The molecular weight excluding hydrogens is 287 g/mol. The Morgan fingerprint density at radius 2 is 1.68 bits per heavy atom. The van der Waals surface area contributed by atoms with Crippen molar-refractivity contribution < 1.29 is 13.2 Å². The van der Waals surface area contributed by atoms with E-state index in [1.807, 2.05) is 25.1 Å². The van der Waals surface area contributed by atoms with Crippen molar-refractivity contribution in [1.29, 1.82) is 0 Å². The van der Waals surface area contributed by atoms with Crippen molar-refractivity contribution in [2.24, 2.45) is 0 Å². The standard InChI is InChI=1S/C18H14F3N/c1-12-2-7-16-14(10-12)8-9-22-17(16)11-13-3-5-15(6-4-13)18(19,20)21/h2-10H,11H2,1H3. The number of aromatic nitrogens is 1. The minimum absolute atomic E-state index is 0.512. The number of pyridine rings is 1. The number of nitrogens with zero attached hydrogens (tertiary/aromatic N) is 1. The van der Waals surface area contributed by atoms with Crippen molar-refractivity contribution in [2.75, 3.05) is 0 Å². The van der Waals surface area contributed by atoms with Crippen molar-refractivity contribution in [3.05, 3.63) is 77.1 Å². The van der Waals surface area contributed by atoms with Gasteiger partial charge in [0.05, 0.1) is 11.3 Å². The lowest BCUT2D eigenvalue weighted by Gasteiger charge is -2.09. The maximum absolute atomic E-state index is 12.6. The molecule has 112 valence electrons. The zero-order chi connectivity index (χ0) is 15.7. The van der Waals surface area contributed by atoms with Crippen LogP contribution < -0.4 is 0 Å². The zero-order valence-electron chi connectivity index (χ0n) is 12.0. The van der Waals surface area contributed by atoms with E-state index < -0.39 is 11.7 Å². The summed E-state index contributed by atoms with van der Waals surface area (Å²) in [6, 6.07) is 13.3. The molecular formula is C18H14F3N. The molecule has 1 nitrogen and oxygen atoms in total. The molecule has 0 aliphatic heterocycles. The van der Waals surface area contributed by atoms with E-state index in [4.69, 9.17) is 0 Å². The predicted octanol–water partition coefficient (Wildman–Crippen LogP) is 5.15. The zero-order valence-corrected chi connectivity index (χ0v) is 12.0. The fourth-order valence-corrected chi connectivity index (χ4v) is 2.51. The summed E-state index contributed by atoms with van der Waals surface area (Å²) < 4.78 is 37.7. The Balaban J connectivity index is 1.93. The minimum atomic E-state index is -4.30. The van der Waals surface area contributed by atoms with E-state index in [1.165, 1.54) is 17.7 Å². The first-order valence-electron chi connectivity index (χ1n) is 6.94. The van der Waals surface area contributed by atoms with Gasteiger partial charge in [0.1, 0.15) is 0 Å². The second-order valence-electron chi connectivity index (χ2n) is 5.35.